The van der Waals surface area contributed by atoms with E-state index in [9.17, 15) is 13.6 Å². The molecule has 134 valence electrons. The van der Waals surface area contributed by atoms with Gasteiger partial charge in [-0.15, -0.1) is 0 Å². The molecule has 0 aliphatic rings. The Morgan fingerprint density at radius 1 is 1.32 bits per heavy atom. The molecule has 25 heavy (non-hydrogen) atoms. The van der Waals surface area contributed by atoms with Crippen molar-refractivity contribution in [3.05, 3.63) is 47.2 Å². The van der Waals surface area contributed by atoms with Gasteiger partial charge in [0.2, 0.25) is 5.95 Å². The van der Waals surface area contributed by atoms with Crippen LogP contribution in [0.3, 0.4) is 0 Å². The number of nitrogens with two attached hydrogens (primary N) is 1. The van der Waals surface area contributed by atoms with E-state index in [0.717, 1.165) is 19.3 Å². The SMILES string of the molecule is CCCCCOc1cccc(NC(=O)c2cc(C)c(F)nc2N)c1F. The summed E-state index contributed by atoms with van der Waals surface area (Å²) in [5.74, 6) is -2.28. The number of rotatable bonds is 7. The Hall–Kier alpha value is -2.70. The molecule has 0 aliphatic heterocycles. The van der Waals surface area contributed by atoms with Gasteiger partial charge in [0, 0.05) is 5.56 Å². The summed E-state index contributed by atoms with van der Waals surface area (Å²) in [6.07, 6.45) is 2.85. The van der Waals surface area contributed by atoms with Crippen molar-refractivity contribution in [2.45, 2.75) is 33.1 Å². The fourth-order valence-electron chi connectivity index (χ4n) is 2.23. The van der Waals surface area contributed by atoms with Gasteiger partial charge in [-0.3, -0.25) is 4.79 Å². The maximum absolute atomic E-state index is 14.5. The van der Waals surface area contributed by atoms with Crippen molar-refractivity contribution in [3.8, 4) is 5.75 Å². The second-order valence-electron chi connectivity index (χ2n) is 5.66. The first-order valence-corrected chi connectivity index (χ1v) is 8.09. The van der Waals surface area contributed by atoms with E-state index < -0.39 is 17.7 Å². The van der Waals surface area contributed by atoms with Gasteiger partial charge in [-0.05, 0) is 31.5 Å². The Morgan fingerprint density at radius 2 is 2.08 bits per heavy atom. The lowest BCUT2D eigenvalue weighted by molar-refractivity contribution is 0.102. The van der Waals surface area contributed by atoms with Crippen molar-refractivity contribution in [1.29, 1.82) is 0 Å². The summed E-state index contributed by atoms with van der Waals surface area (Å²) >= 11 is 0. The van der Waals surface area contributed by atoms with Gasteiger partial charge in [-0.1, -0.05) is 25.8 Å². The zero-order chi connectivity index (χ0) is 18.4. The van der Waals surface area contributed by atoms with Gasteiger partial charge in [0.25, 0.3) is 5.91 Å². The first-order valence-electron chi connectivity index (χ1n) is 8.09. The molecule has 0 unspecified atom stereocenters. The van der Waals surface area contributed by atoms with Gasteiger partial charge in [-0.2, -0.15) is 4.39 Å². The van der Waals surface area contributed by atoms with Crippen LogP contribution in [0.25, 0.3) is 0 Å². The van der Waals surface area contributed by atoms with Crippen molar-refractivity contribution in [1.82, 2.24) is 4.98 Å². The van der Waals surface area contributed by atoms with Crippen LogP contribution in [0.15, 0.2) is 24.3 Å². The van der Waals surface area contributed by atoms with Crippen LogP contribution in [-0.2, 0) is 0 Å². The number of benzene rings is 1. The Kier molecular flexibility index (Phi) is 6.27. The lowest BCUT2D eigenvalue weighted by Crippen LogP contribution is -2.17. The summed E-state index contributed by atoms with van der Waals surface area (Å²) in [6, 6.07) is 5.75. The molecule has 1 aromatic heterocycles. The zero-order valence-electron chi connectivity index (χ0n) is 14.2. The molecular weight excluding hydrogens is 328 g/mol. The second-order valence-corrected chi connectivity index (χ2v) is 5.66. The Balaban J connectivity index is 2.14. The Morgan fingerprint density at radius 3 is 2.80 bits per heavy atom. The molecule has 0 bridgehead atoms. The molecule has 0 radical (unpaired) electrons. The van der Waals surface area contributed by atoms with E-state index in [-0.39, 0.29) is 28.4 Å². The number of hydrogen-bond acceptors (Lipinski definition) is 4. The quantitative estimate of drug-likeness (QED) is 0.583. The highest BCUT2D eigenvalue weighted by molar-refractivity contribution is 6.07. The first kappa shape index (κ1) is 18.6. The number of carbonyl (C=O) groups excluding carboxylic acids is 1. The van der Waals surface area contributed by atoms with Gasteiger partial charge in [0.1, 0.15) is 5.82 Å². The van der Waals surface area contributed by atoms with Gasteiger partial charge in [0.15, 0.2) is 11.6 Å². The minimum absolute atomic E-state index is 0.0208. The van der Waals surface area contributed by atoms with Crippen molar-refractivity contribution < 1.29 is 18.3 Å². The van der Waals surface area contributed by atoms with Crippen LogP contribution in [-0.4, -0.2) is 17.5 Å². The molecule has 0 spiro atoms. The first-order chi connectivity index (χ1) is 11.9. The average Bonchev–Trinajstić information content (AvgIpc) is 2.58. The lowest BCUT2D eigenvalue weighted by Gasteiger charge is -2.12. The number of aromatic nitrogens is 1. The van der Waals surface area contributed by atoms with Crippen LogP contribution >= 0.6 is 0 Å². The number of aryl methyl sites for hydroxylation is 1. The van der Waals surface area contributed by atoms with E-state index in [1.54, 1.807) is 6.07 Å². The van der Waals surface area contributed by atoms with Gasteiger partial charge < -0.3 is 15.8 Å². The number of ether oxygens (including phenoxy) is 1. The third-order valence-corrected chi connectivity index (χ3v) is 3.64. The topological polar surface area (TPSA) is 77.2 Å². The fourth-order valence-corrected chi connectivity index (χ4v) is 2.23. The van der Waals surface area contributed by atoms with Gasteiger partial charge in [-0.25, -0.2) is 9.37 Å². The molecule has 0 atom stereocenters. The molecule has 5 nitrogen and oxygen atoms in total. The summed E-state index contributed by atoms with van der Waals surface area (Å²) in [7, 11) is 0. The fraction of sp³-hybridized carbons (Fsp3) is 0.333. The third kappa shape index (κ3) is 4.65. The van der Waals surface area contributed by atoms with Crippen LogP contribution in [0.4, 0.5) is 20.3 Å². The Bertz CT molecular complexity index is 766. The van der Waals surface area contributed by atoms with E-state index in [4.69, 9.17) is 10.5 Å². The standard InChI is InChI=1S/C18H21F2N3O2/c1-3-4-5-9-25-14-8-6-7-13(15(14)19)22-18(24)12-10-11(2)16(20)23-17(12)21/h6-8,10H,3-5,9H2,1-2H3,(H2,21,23)(H,22,24). The molecule has 1 aromatic carbocycles. The maximum atomic E-state index is 14.5. The molecule has 0 fully saturated rings. The number of nitrogens with one attached hydrogen (secondary N) is 1. The van der Waals surface area contributed by atoms with Gasteiger partial charge in [0.05, 0.1) is 17.9 Å². The minimum atomic E-state index is -0.747. The van der Waals surface area contributed by atoms with Crippen LogP contribution in [0.1, 0.15) is 42.1 Å². The molecule has 0 saturated carbocycles. The molecule has 0 aliphatic carbocycles. The lowest BCUT2D eigenvalue weighted by atomic mass is 10.1. The smallest absolute Gasteiger partial charge is 0.259 e. The molecule has 7 heteroatoms. The van der Waals surface area contributed by atoms with Gasteiger partial charge >= 0.3 is 0 Å². The van der Waals surface area contributed by atoms with E-state index >= 15 is 0 Å². The molecule has 2 rings (SSSR count). The predicted molar refractivity (Wildman–Crippen MR) is 92.7 cm³/mol. The number of anilines is 2. The molecular formula is C18H21F2N3O2. The predicted octanol–water partition coefficient (Wildman–Crippen LogP) is 4.07. The number of hydrogen-bond donors (Lipinski definition) is 2. The Labute approximate surface area is 145 Å². The average molecular weight is 349 g/mol. The summed E-state index contributed by atoms with van der Waals surface area (Å²) in [6.45, 7) is 3.93. The van der Waals surface area contributed by atoms with Crippen molar-refractivity contribution in [2.24, 2.45) is 0 Å². The van der Waals surface area contributed by atoms with Crippen molar-refractivity contribution in [2.75, 3.05) is 17.7 Å². The second kappa shape index (κ2) is 8.41. The highest BCUT2D eigenvalue weighted by Gasteiger charge is 2.17. The summed E-state index contributed by atoms with van der Waals surface area (Å²) in [5, 5.41) is 2.42. The van der Waals surface area contributed by atoms with E-state index in [1.807, 2.05) is 0 Å². The number of nitrogens with zero attached hydrogens (tertiary/aromatic N) is 1. The van der Waals surface area contributed by atoms with Crippen LogP contribution in [0.2, 0.25) is 0 Å². The van der Waals surface area contributed by atoms with Crippen LogP contribution < -0.4 is 15.8 Å². The molecule has 3 N–H and O–H groups in total. The van der Waals surface area contributed by atoms with Crippen LogP contribution in [0.5, 0.6) is 5.75 Å². The number of pyridine rings is 1. The number of carbonyl (C=O) groups is 1. The van der Waals surface area contributed by atoms with E-state index in [2.05, 4.69) is 17.2 Å². The third-order valence-electron chi connectivity index (χ3n) is 3.64. The molecule has 1 amide bonds. The van der Waals surface area contributed by atoms with E-state index in [1.165, 1.54) is 25.1 Å². The van der Waals surface area contributed by atoms with Crippen molar-refractivity contribution in [3.63, 3.8) is 0 Å². The van der Waals surface area contributed by atoms with Crippen molar-refractivity contribution >= 4 is 17.4 Å². The largest absolute Gasteiger partial charge is 0.490 e. The van der Waals surface area contributed by atoms with E-state index in [0.29, 0.717) is 6.61 Å². The molecule has 0 saturated heterocycles. The monoisotopic (exact) mass is 349 g/mol. The highest BCUT2D eigenvalue weighted by atomic mass is 19.1. The number of unbranched alkanes of at least 4 members (excludes halogenated alkanes) is 2. The normalized spacial score (nSPS) is 10.6. The number of nitrogen functional groups attached to an aromatic ring is 1. The summed E-state index contributed by atoms with van der Waals surface area (Å²) in [4.78, 5) is 15.8. The number of halogens is 2. The molecule has 1 heterocycles. The maximum Gasteiger partial charge on any atom is 0.259 e. The molecule has 2 aromatic rings. The van der Waals surface area contributed by atoms with Crippen LogP contribution in [0, 0.1) is 18.7 Å². The minimum Gasteiger partial charge on any atom is -0.490 e. The number of amides is 1. The zero-order valence-corrected chi connectivity index (χ0v) is 14.2. The summed E-state index contributed by atoms with van der Waals surface area (Å²) in [5.41, 5.74) is 5.69. The summed E-state index contributed by atoms with van der Waals surface area (Å²) < 4.78 is 33.2. The highest BCUT2D eigenvalue weighted by Crippen LogP contribution is 2.26.